The minimum absolute atomic E-state index is 0.0888. The van der Waals surface area contributed by atoms with Gasteiger partial charge >= 0.3 is 0 Å². The average Bonchev–Trinajstić information content (AvgIpc) is 1.98. The summed E-state index contributed by atoms with van der Waals surface area (Å²) in [5.41, 5.74) is 4.41. The lowest BCUT2D eigenvalue weighted by molar-refractivity contribution is -0.125. The highest BCUT2D eigenvalue weighted by Crippen LogP contribution is 2.49. The fourth-order valence-electron chi connectivity index (χ4n) is 1.92. The summed E-state index contributed by atoms with van der Waals surface area (Å²) >= 11 is 0. The highest BCUT2D eigenvalue weighted by molar-refractivity contribution is 5.30. The maximum atomic E-state index is 12.8. The topological polar surface area (TPSA) is 26.0 Å². The zero-order valence-electron chi connectivity index (χ0n) is 7.74. The van der Waals surface area contributed by atoms with E-state index in [2.05, 4.69) is 0 Å². The Morgan fingerprint density at radius 1 is 1.00 bits per heavy atom. The van der Waals surface area contributed by atoms with E-state index in [0.717, 1.165) is 12.1 Å². The van der Waals surface area contributed by atoms with Gasteiger partial charge in [0, 0.05) is 18.9 Å². The molecule has 0 spiro atoms. The molecule has 1 aromatic rings. The Morgan fingerprint density at radius 2 is 1.47 bits per heavy atom. The van der Waals surface area contributed by atoms with Crippen LogP contribution in [0.5, 0.6) is 0 Å². The number of alkyl halides is 2. The fourth-order valence-corrected chi connectivity index (χ4v) is 1.92. The van der Waals surface area contributed by atoms with Crippen molar-refractivity contribution in [1.82, 2.24) is 0 Å². The lowest BCUT2D eigenvalue weighted by Gasteiger charge is -2.44. The number of benzene rings is 1. The van der Waals surface area contributed by atoms with Gasteiger partial charge < -0.3 is 5.73 Å². The summed E-state index contributed by atoms with van der Waals surface area (Å²) in [4.78, 5) is 0. The van der Waals surface area contributed by atoms with E-state index in [1.807, 2.05) is 0 Å². The summed E-state index contributed by atoms with van der Waals surface area (Å²) in [6, 6.07) is 2.68. The molecule has 0 saturated heterocycles. The molecule has 82 valence electrons. The Bertz CT molecular complexity index is 374. The molecule has 15 heavy (non-hydrogen) atoms. The first-order valence-corrected chi connectivity index (χ1v) is 4.44. The minimum atomic E-state index is -2.82. The van der Waals surface area contributed by atoms with Crippen molar-refractivity contribution in [3.05, 3.63) is 35.4 Å². The molecule has 2 rings (SSSR count). The Balaban J connectivity index is 2.31. The molecule has 1 nitrogen and oxygen atoms in total. The molecule has 0 atom stereocenters. The lowest BCUT2D eigenvalue weighted by atomic mass is 9.70. The quantitative estimate of drug-likeness (QED) is 0.721. The van der Waals surface area contributed by atoms with E-state index in [1.165, 1.54) is 0 Å². The molecule has 2 N–H and O–H groups in total. The second-order valence-corrected chi connectivity index (χ2v) is 4.02. The Kier molecular flexibility index (Phi) is 2.05. The van der Waals surface area contributed by atoms with Gasteiger partial charge in [0.2, 0.25) is 0 Å². The first-order chi connectivity index (χ1) is 6.81. The number of rotatable bonds is 1. The van der Waals surface area contributed by atoms with Crippen molar-refractivity contribution >= 4 is 0 Å². The van der Waals surface area contributed by atoms with Gasteiger partial charge in [0.05, 0.1) is 5.54 Å². The molecule has 1 aromatic carbocycles. The van der Waals surface area contributed by atoms with Crippen molar-refractivity contribution in [1.29, 1.82) is 0 Å². The summed E-state index contributed by atoms with van der Waals surface area (Å²) in [5, 5.41) is 0. The molecule has 1 aliphatic carbocycles. The van der Waals surface area contributed by atoms with Crippen LogP contribution >= 0.6 is 0 Å². The summed E-state index contributed by atoms with van der Waals surface area (Å²) in [5.74, 6) is -4.42. The van der Waals surface area contributed by atoms with Gasteiger partial charge in [-0.25, -0.2) is 17.6 Å². The van der Waals surface area contributed by atoms with E-state index in [-0.39, 0.29) is 5.56 Å². The predicted molar refractivity (Wildman–Crippen MR) is 46.4 cm³/mol. The van der Waals surface area contributed by atoms with Crippen LogP contribution in [0, 0.1) is 11.6 Å². The second-order valence-electron chi connectivity index (χ2n) is 4.02. The van der Waals surface area contributed by atoms with Gasteiger partial charge in [-0.05, 0) is 17.7 Å². The maximum Gasteiger partial charge on any atom is 0.252 e. The molecule has 0 amide bonds. The van der Waals surface area contributed by atoms with Gasteiger partial charge in [-0.3, -0.25) is 0 Å². The molecule has 0 unspecified atom stereocenters. The Morgan fingerprint density at radius 3 is 1.87 bits per heavy atom. The van der Waals surface area contributed by atoms with E-state index in [9.17, 15) is 17.6 Å². The maximum absolute atomic E-state index is 12.8. The molecule has 0 heterocycles. The first kappa shape index (κ1) is 10.4. The summed E-state index contributed by atoms with van der Waals surface area (Å²) in [6.07, 6.45) is -1.13. The molecule has 5 heteroatoms. The van der Waals surface area contributed by atoms with Gasteiger partial charge in [-0.2, -0.15) is 0 Å². The van der Waals surface area contributed by atoms with Gasteiger partial charge in [0.15, 0.2) is 0 Å². The van der Waals surface area contributed by atoms with Gasteiger partial charge in [-0.15, -0.1) is 0 Å². The van der Waals surface area contributed by atoms with Crippen LogP contribution < -0.4 is 5.73 Å². The molecular weight excluding hydrogens is 210 g/mol. The van der Waals surface area contributed by atoms with Crippen LogP contribution in [0.1, 0.15) is 18.4 Å². The smallest absolute Gasteiger partial charge is 0.252 e. The second kappa shape index (κ2) is 2.95. The molecule has 1 aliphatic rings. The lowest BCUT2D eigenvalue weighted by Crippen LogP contribution is -2.55. The van der Waals surface area contributed by atoms with Crippen LogP contribution in [0.4, 0.5) is 17.6 Å². The average molecular weight is 219 g/mol. The third kappa shape index (κ3) is 1.84. The molecule has 0 bridgehead atoms. The summed E-state index contributed by atoms with van der Waals surface area (Å²) < 4.78 is 51.0. The van der Waals surface area contributed by atoms with Crippen molar-refractivity contribution in [2.24, 2.45) is 5.73 Å². The van der Waals surface area contributed by atoms with Crippen molar-refractivity contribution in [3.63, 3.8) is 0 Å². The molecule has 0 aromatic heterocycles. The van der Waals surface area contributed by atoms with Crippen molar-refractivity contribution in [2.75, 3.05) is 0 Å². The van der Waals surface area contributed by atoms with Crippen LogP contribution in [0.3, 0.4) is 0 Å². The SMILES string of the molecule is NC1(c2cc(F)cc(F)c2)CC(F)(F)C1. The van der Waals surface area contributed by atoms with E-state index < -0.39 is 35.9 Å². The zero-order valence-corrected chi connectivity index (χ0v) is 7.74. The highest BCUT2D eigenvalue weighted by atomic mass is 19.3. The van der Waals surface area contributed by atoms with Crippen LogP contribution in [-0.2, 0) is 5.54 Å². The van der Waals surface area contributed by atoms with Gasteiger partial charge in [0.25, 0.3) is 5.92 Å². The predicted octanol–water partition coefficient (Wildman–Crippen LogP) is 2.55. The van der Waals surface area contributed by atoms with Crippen molar-refractivity contribution < 1.29 is 17.6 Å². The third-order valence-electron chi connectivity index (χ3n) is 2.59. The molecular formula is C10H9F4N. The van der Waals surface area contributed by atoms with Crippen molar-refractivity contribution in [3.8, 4) is 0 Å². The monoisotopic (exact) mass is 219 g/mol. The van der Waals surface area contributed by atoms with Crippen LogP contribution in [0.15, 0.2) is 18.2 Å². The molecule has 0 aliphatic heterocycles. The largest absolute Gasteiger partial charge is 0.321 e. The molecule has 1 fully saturated rings. The molecule has 1 saturated carbocycles. The van der Waals surface area contributed by atoms with Gasteiger partial charge in [0.1, 0.15) is 11.6 Å². The van der Waals surface area contributed by atoms with E-state index >= 15 is 0 Å². The number of hydrogen-bond donors (Lipinski definition) is 1. The zero-order chi connectivity index (χ0) is 11.3. The van der Waals surface area contributed by atoms with Crippen LogP contribution in [0.2, 0.25) is 0 Å². The molecule has 0 radical (unpaired) electrons. The Labute approximate surface area is 83.9 Å². The van der Waals surface area contributed by atoms with E-state index in [0.29, 0.717) is 6.07 Å². The Hall–Kier alpha value is -1.10. The standard InChI is InChI=1S/C10H9F4N/c11-7-1-6(2-8(12)3-7)9(15)4-10(13,14)5-9/h1-3H,4-5,15H2. The highest BCUT2D eigenvalue weighted by Gasteiger charge is 2.55. The summed E-state index contributed by atoms with van der Waals surface area (Å²) in [6.45, 7) is 0. The first-order valence-electron chi connectivity index (χ1n) is 4.44. The normalized spacial score (nSPS) is 22.2. The number of halogens is 4. The number of nitrogens with two attached hydrogens (primary N) is 1. The van der Waals surface area contributed by atoms with E-state index in [1.54, 1.807) is 0 Å². The van der Waals surface area contributed by atoms with E-state index in [4.69, 9.17) is 5.73 Å². The summed E-state index contributed by atoms with van der Waals surface area (Å²) in [7, 11) is 0. The van der Waals surface area contributed by atoms with Crippen LogP contribution in [0.25, 0.3) is 0 Å². The fraction of sp³-hybridized carbons (Fsp3) is 0.400. The van der Waals surface area contributed by atoms with Gasteiger partial charge in [-0.1, -0.05) is 0 Å². The third-order valence-corrected chi connectivity index (χ3v) is 2.59. The van der Waals surface area contributed by atoms with Crippen molar-refractivity contribution in [2.45, 2.75) is 24.3 Å². The number of hydrogen-bond acceptors (Lipinski definition) is 1. The van der Waals surface area contributed by atoms with Crippen LogP contribution in [-0.4, -0.2) is 5.92 Å². The minimum Gasteiger partial charge on any atom is -0.321 e.